The largest absolute Gasteiger partial charge is 0.351 e. The second-order valence-electron chi connectivity index (χ2n) is 4.39. The fourth-order valence-electron chi connectivity index (χ4n) is 2.08. The monoisotopic (exact) mass is 284 g/mol. The first-order valence-electron chi connectivity index (χ1n) is 6.01. The summed E-state index contributed by atoms with van der Waals surface area (Å²) in [5.41, 5.74) is 0.513. The molecule has 0 spiro atoms. The average molecular weight is 285 g/mol. The Hall–Kier alpha value is -1.62. The van der Waals surface area contributed by atoms with Crippen LogP contribution in [0.1, 0.15) is 12.8 Å². The van der Waals surface area contributed by atoms with Crippen LogP contribution in [0.5, 0.6) is 0 Å². The predicted molar refractivity (Wildman–Crippen MR) is 70.6 cm³/mol. The van der Waals surface area contributed by atoms with E-state index in [0.29, 0.717) is 12.2 Å². The summed E-state index contributed by atoms with van der Waals surface area (Å²) >= 11 is 5.47. The Labute approximate surface area is 115 Å². The van der Waals surface area contributed by atoms with Gasteiger partial charge >= 0.3 is 0 Å². The number of nitrogens with one attached hydrogen (secondary N) is 1. The quantitative estimate of drug-likeness (QED) is 0.855. The standard InChI is InChI=1S/C13H14ClFN2O2/c14-5-4-12(18)16-10-7-13(19)17(8-10)11-3-1-2-9(15)6-11/h1-3,6,10H,4-5,7-8H2,(H,16,18)/t10-/m0/s1. The van der Waals surface area contributed by atoms with Crippen LogP contribution in [0, 0.1) is 5.82 Å². The van der Waals surface area contributed by atoms with Gasteiger partial charge in [0, 0.05) is 31.0 Å². The van der Waals surface area contributed by atoms with Crippen molar-refractivity contribution in [3.8, 4) is 0 Å². The van der Waals surface area contributed by atoms with Crippen LogP contribution in [-0.4, -0.2) is 30.3 Å². The van der Waals surface area contributed by atoms with E-state index in [1.807, 2.05) is 0 Å². The molecule has 1 aromatic rings. The van der Waals surface area contributed by atoms with Gasteiger partial charge in [0.1, 0.15) is 5.82 Å². The Morgan fingerprint density at radius 3 is 3.00 bits per heavy atom. The zero-order valence-electron chi connectivity index (χ0n) is 10.2. The van der Waals surface area contributed by atoms with Crippen molar-refractivity contribution in [1.82, 2.24) is 5.32 Å². The Balaban J connectivity index is 2.01. The van der Waals surface area contributed by atoms with Gasteiger partial charge < -0.3 is 10.2 Å². The van der Waals surface area contributed by atoms with E-state index in [2.05, 4.69) is 5.32 Å². The van der Waals surface area contributed by atoms with Crippen molar-refractivity contribution < 1.29 is 14.0 Å². The third-order valence-corrected chi connectivity index (χ3v) is 3.12. The molecule has 4 nitrogen and oxygen atoms in total. The molecule has 1 aliphatic heterocycles. The molecule has 0 saturated carbocycles. The molecule has 6 heteroatoms. The van der Waals surface area contributed by atoms with E-state index >= 15 is 0 Å². The minimum Gasteiger partial charge on any atom is -0.351 e. The van der Waals surface area contributed by atoms with Crippen LogP contribution in [-0.2, 0) is 9.59 Å². The SMILES string of the molecule is O=C(CCCl)N[C@H]1CC(=O)N(c2cccc(F)c2)C1. The van der Waals surface area contributed by atoms with Crippen molar-refractivity contribution in [2.24, 2.45) is 0 Å². The van der Waals surface area contributed by atoms with Crippen LogP contribution in [0.15, 0.2) is 24.3 Å². The molecule has 0 unspecified atom stereocenters. The highest BCUT2D eigenvalue weighted by Crippen LogP contribution is 2.22. The number of anilines is 1. The lowest BCUT2D eigenvalue weighted by Crippen LogP contribution is -2.37. The molecule has 0 bridgehead atoms. The predicted octanol–water partition coefficient (Wildman–Crippen LogP) is 1.68. The second-order valence-corrected chi connectivity index (χ2v) is 4.77. The number of hydrogen-bond acceptors (Lipinski definition) is 2. The van der Waals surface area contributed by atoms with E-state index in [0.717, 1.165) is 0 Å². The highest BCUT2D eigenvalue weighted by molar-refractivity contribution is 6.18. The Morgan fingerprint density at radius 2 is 2.32 bits per heavy atom. The third kappa shape index (κ3) is 3.44. The summed E-state index contributed by atoms with van der Waals surface area (Å²) < 4.78 is 13.1. The maximum atomic E-state index is 13.1. The van der Waals surface area contributed by atoms with Crippen molar-refractivity contribution >= 4 is 29.1 Å². The summed E-state index contributed by atoms with van der Waals surface area (Å²) in [6.07, 6.45) is 0.455. The maximum Gasteiger partial charge on any atom is 0.229 e. The third-order valence-electron chi connectivity index (χ3n) is 2.93. The highest BCUT2D eigenvalue weighted by Gasteiger charge is 2.31. The number of nitrogens with zero attached hydrogens (tertiary/aromatic N) is 1. The van der Waals surface area contributed by atoms with Crippen LogP contribution < -0.4 is 10.2 Å². The fourth-order valence-corrected chi connectivity index (χ4v) is 2.26. The van der Waals surface area contributed by atoms with Crippen LogP contribution in [0.25, 0.3) is 0 Å². The first-order valence-corrected chi connectivity index (χ1v) is 6.55. The van der Waals surface area contributed by atoms with Crippen molar-refractivity contribution in [1.29, 1.82) is 0 Å². The number of hydrogen-bond donors (Lipinski definition) is 1. The van der Waals surface area contributed by atoms with E-state index in [-0.39, 0.29) is 42.4 Å². The number of carbonyl (C=O) groups is 2. The van der Waals surface area contributed by atoms with E-state index < -0.39 is 0 Å². The summed E-state index contributed by atoms with van der Waals surface area (Å²) in [6.45, 7) is 0.357. The molecule has 1 fully saturated rings. The van der Waals surface area contributed by atoms with Crippen LogP contribution in [0.3, 0.4) is 0 Å². The lowest BCUT2D eigenvalue weighted by Gasteiger charge is -2.17. The van der Waals surface area contributed by atoms with Crippen LogP contribution in [0.2, 0.25) is 0 Å². The Kier molecular flexibility index (Phi) is 4.37. The summed E-state index contributed by atoms with van der Waals surface area (Å²) in [4.78, 5) is 24.8. The summed E-state index contributed by atoms with van der Waals surface area (Å²) in [5, 5.41) is 2.74. The van der Waals surface area contributed by atoms with Gasteiger partial charge in [0.15, 0.2) is 0 Å². The van der Waals surface area contributed by atoms with Crippen molar-refractivity contribution in [2.45, 2.75) is 18.9 Å². The van der Waals surface area contributed by atoms with Gasteiger partial charge in [0.25, 0.3) is 0 Å². The molecule has 1 aliphatic rings. The minimum atomic E-state index is -0.389. The Bertz CT molecular complexity index is 495. The molecular formula is C13H14ClFN2O2. The second kappa shape index (κ2) is 6.02. The average Bonchev–Trinajstić information content (AvgIpc) is 2.70. The molecule has 0 radical (unpaired) electrons. The maximum absolute atomic E-state index is 13.1. The number of rotatable bonds is 4. The zero-order chi connectivity index (χ0) is 13.8. The van der Waals surface area contributed by atoms with Crippen LogP contribution in [0.4, 0.5) is 10.1 Å². The van der Waals surface area contributed by atoms with E-state index in [9.17, 15) is 14.0 Å². The van der Waals surface area contributed by atoms with Gasteiger partial charge in [-0.2, -0.15) is 0 Å². The van der Waals surface area contributed by atoms with Crippen molar-refractivity contribution in [2.75, 3.05) is 17.3 Å². The number of halogens is 2. The molecule has 2 rings (SSSR count). The molecule has 0 aromatic heterocycles. The molecule has 19 heavy (non-hydrogen) atoms. The molecule has 2 amide bonds. The van der Waals surface area contributed by atoms with Gasteiger partial charge in [-0.25, -0.2) is 4.39 Å². The smallest absolute Gasteiger partial charge is 0.229 e. The first kappa shape index (κ1) is 13.8. The fraction of sp³-hybridized carbons (Fsp3) is 0.385. The topological polar surface area (TPSA) is 49.4 Å². The number of benzene rings is 1. The molecule has 0 aliphatic carbocycles. The lowest BCUT2D eigenvalue weighted by atomic mass is 10.2. The van der Waals surface area contributed by atoms with Gasteiger partial charge in [0.05, 0.1) is 6.04 Å². The molecule has 1 saturated heterocycles. The van der Waals surface area contributed by atoms with E-state index in [4.69, 9.17) is 11.6 Å². The summed E-state index contributed by atoms with van der Waals surface area (Å²) in [7, 11) is 0. The van der Waals surface area contributed by atoms with Gasteiger partial charge in [-0.05, 0) is 18.2 Å². The van der Waals surface area contributed by atoms with Gasteiger partial charge in [-0.15, -0.1) is 11.6 Å². The van der Waals surface area contributed by atoms with E-state index in [1.165, 1.54) is 17.0 Å². The molecule has 1 aromatic carbocycles. The summed E-state index contributed by atoms with van der Waals surface area (Å²) in [5.74, 6) is -0.435. The van der Waals surface area contributed by atoms with Crippen LogP contribution >= 0.6 is 11.6 Å². The number of alkyl halides is 1. The van der Waals surface area contributed by atoms with E-state index in [1.54, 1.807) is 12.1 Å². The normalized spacial score (nSPS) is 18.7. The van der Waals surface area contributed by atoms with Gasteiger partial charge in [-0.3, -0.25) is 9.59 Å². The van der Waals surface area contributed by atoms with Gasteiger partial charge in [-0.1, -0.05) is 6.07 Å². The lowest BCUT2D eigenvalue weighted by molar-refractivity contribution is -0.121. The molecule has 102 valence electrons. The minimum absolute atomic E-state index is 0.123. The number of amides is 2. The highest BCUT2D eigenvalue weighted by atomic mass is 35.5. The molecule has 1 heterocycles. The van der Waals surface area contributed by atoms with Crippen molar-refractivity contribution in [3.05, 3.63) is 30.1 Å². The molecule has 1 atom stereocenters. The molecular weight excluding hydrogens is 271 g/mol. The molecule has 1 N–H and O–H groups in total. The number of carbonyl (C=O) groups excluding carboxylic acids is 2. The van der Waals surface area contributed by atoms with Gasteiger partial charge in [0.2, 0.25) is 11.8 Å². The zero-order valence-corrected chi connectivity index (χ0v) is 11.0. The first-order chi connectivity index (χ1) is 9.10. The summed E-state index contributed by atoms with van der Waals surface area (Å²) in [6, 6.07) is 5.61. The van der Waals surface area contributed by atoms with Crippen molar-refractivity contribution in [3.63, 3.8) is 0 Å². The Morgan fingerprint density at radius 1 is 1.53 bits per heavy atom.